The molecule has 1 heterocycles. The molecule has 0 unspecified atom stereocenters. The van der Waals surface area contributed by atoms with E-state index >= 15 is 0 Å². The van der Waals surface area contributed by atoms with Crippen LogP contribution in [0.15, 0.2) is 48.5 Å². The fourth-order valence-corrected chi connectivity index (χ4v) is 2.61. The summed E-state index contributed by atoms with van der Waals surface area (Å²) >= 11 is 6.03. The van der Waals surface area contributed by atoms with Crippen molar-refractivity contribution < 1.29 is 5.11 Å². The first-order chi connectivity index (χ1) is 9.65. The van der Waals surface area contributed by atoms with E-state index in [-0.39, 0.29) is 0 Å². The molecule has 3 aromatic rings. The molecule has 0 fully saturated rings. The van der Waals surface area contributed by atoms with E-state index in [1.54, 1.807) is 6.92 Å². The monoisotopic (exact) mass is 286 g/mol. The molecule has 0 bridgehead atoms. The molecular formula is C16H15ClN2O. The van der Waals surface area contributed by atoms with Crippen molar-refractivity contribution >= 4 is 22.6 Å². The number of rotatable bonds is 3. The highest BCUT2D eigenvalue weighted by molar-refractivity contribution is 6.30. The number of aliphatic hydroxyl groups is 1. The predicted molar refractivity (Wildman–Crippen MR) is 80.9 cm³/mol. The molecule has 0 aliphatic heterocycles. The first-order valence-corrected chi connectivity index (χ1v) is 6.90. The standard InChI is InChI=1S/C16H15ClN2O/c1-11(20)16-18-14-7-2-3-8-15(14)19(16)10-12-5-4-6-13(17)9-12/h2-9,11,20H,10H2,1H3/t11-/m0/s1. The van der Waals surface area contributed by atoms with Crippen molar-refractivity contribution in [2.24, 2.45) is 0 Å². The van der Waals surface area contributed by atoms with Gasteiger partial charge in [0.2, 0.25) is 0 Å². The van der Waals surface area contributed by atoms with Crippen LogP contribution >= 0.6 is 11.6 Å². The van der Waals surface area contributed by atoms with Gasteiger partial charge in [-0.1, -0.05) is 35.9 Å². The third kappa shape index (κ3) is 2.42. The lowest BCUT2D eigenvalue weighted by atomic mass is 10.2. The van der Waals surface area contributed by atoms with E-state index in [1.807, 2.05) is 53.1 Å². The Bertz CT molecular complexity index is 749. The minimum atomic E-state index is -0.610. The number of aliphatic hydroxyl groups excluding tert-OH is 1. The van der Waals surface area contributed by atoms with Gasteiger partial charge in [0.15, 0.2) is 0 Å². The number of halogens is 1. The average Bonchev–Trinajstić information content (AvgIpc) is 2.78. The van der Waals surface area contributed by atoms with Crippen molar-refractivity contribution in [1.29, 1.82) is 0 Å². The Morgan fingerprint density at radius 1 is 1.20 bits per heavy atom. The number of aromatic nitrogens is 2. The van der Waals surface area contributed by atoms with Crippen molar-refractivity contribution in [2.45, 2.75) is 19.6 Å². The molecule has 0 radical (unpaired) electrons. The Morgan fingerprint density at radius 2 is 2.00 bits per heavy atom. The van der Waals surface area contributed by atoms with Gasteiger partial charge in [0.1, 0.15) is 11.9 Å². The molecule has 102 valence electrons. The highest BCUT2D eigenvalue weighted by Gasteiger charge is 2.14. The van der Waals surface area contributed by atoms with Crippen LogP contribution in [-0.4, -0.2) is 14.7 Å². The average molecular weight is 287 g/mol. The third-order valence-corrected chi connectivity index (χ3v) is 3.52. The molecule has 3 rings (SSSR count). The molecule has 0 saturated heterocycles. The van der Waals surface area contributed by atoms with Crippen LogP contribution in [0.3, 0.4) is 0 Å². The fraction of sp³-hybridized carbons (Fsp3) is 0.188. The van der Waals surface area contributed by atoms with Gasteiger partial charge in [-0.05, 0) is 36.8 Å². The van der Waals surface area contributed by atoms with Crippen LogP contribution in [0.25, 0.3) is 11.0 Å². The molecule has 0 spiro atoms. The van der Waals surface area contributed by atoms with Crippen LogP contribution in [0.4, 0.5) is 0 Å². The predicted octanol–water partition coefficient (Wildman–Crippen LogP) is 3.79. The van der Waals surface area contributed by atoms with Gasteiger partial charge in [-0.3, -0.25) is 0 Å². The Labute approximate surface area is 122 Å². The fourth-order valence-electron chi connectivity index (χ4n) is 2.40. The van der Waals surface area contributed by atoms with E-state index in [4.69, 9.17) is 11.6 Å². The van der Waals surface area contributed by atoms with E-state index in [9.17, 15) is 5.11 Å². The summed E-state index contributed by atoms with van der Waals surface area (Å²) in [6.45, 7) is 2.37. The summed E-state index contributed by atoms with van der Waals surface area (Å²) in [7, 11) is 0. The van der Waals surface area contributed by atoms with Gasteiger partial charge < -0.3 is 9.67 Å². The number of imidazole rings is 1. The highest BCUT2D eigenvalue weighted by atomic mass is 35.5. The number of hydrogen-bond donors (Lipinski definition) is 1. The zero-order valence-electron chi connectivity index (χ0n) is 11.1. The topological polar surface area (TPSA) is 38.1 Å². The van der Waals surface area contributed by atoms with Crippen molar-refractivity contribution in [3.63, 3.8) is 0 Å². The SMILES string of the molecule is C[C@H](O)c1nc2ccccc2n1Cc1cccc(Cl)c1. The molecule has 20 heavy (non-hydrogen) atoms. The molecule has 0 aliphatic rings. The summed E-state index contributed by atoms with van der Waals surface area (Å²) in [4.78, 5) is 4.51. The molecular weight excluding hydrogens is 272 g/mol. The Kier molecular flexibility index (Phi) is 3.47. The largest absolute Gasteiger partial charge is 0.385 e. The molecule has 0 amide bonds. The summed E-state index contributed by atoms with van der Waals surface area (Å²) in [5.74, 6) is 0.672. The minimum absolute atomic E-state index is 0.610. The van der Waals surface area contributed by atoms with Gasteiger partial charge in [-0.25, -0.2) is 4.98 Å². The molecule has 1 aromatic heterocycles. The van der Waals surface area contributed by atoms with Crippen LogP contribution < -0.4 is 0 Å². The number of nitrogens with zero attached hydrogens (tertiary/aromatic N) is 2. The Morgan fingerprint density at radius 3 is 2.75 bits per heavy atom. The first-order valence-electron chi connectivity index (χ1n) is 6.53. The van der Waals surface area contributed by atoms with E-state index < -0.39 is 6.10 Å². The van der Waals surface area contributed by atoms with Gasteiger partial charge in [-0.15, -0.1) is 0 Å². The second-order valence-electron chi connectivity index (χ2n) is 4.85. The van der Waals surface area contributed by atoms with E-state index in [1.165, 1.54) is 0 Å². The summed E-state index contributed by atoms with van der Waals surface area (Å²) < 4.78 is 2.03. The normalized spacial score (nSPS) is 12.8. The first kappa shape index (κ1) is 13.2. The molecule has 3 nitrogen and oxygen atoms in total. The van der Waals surface area contributed by atoms with Crippen molar-refractivity contribution in [2.75, 3.05) is 0 Å². The molecule has 1 N–H and O–H groups in total. The minimum Gasteiger partial charge on any atom is -0.385 e. The number of fused-ring (bicyclic) bond motifs is 1. The van der Waals surface area contributed by atoms with Crippen molar-refractivity contribution in [3.8, 4) is 0 Å². The van der Waals surface area contributed by atoms with Gasteiger partial charge >= 0.3 is 0 Å². The van der Waals surface area contributed by atoms with Crippen LogP contribution in [0.5, 0.6) is 0 Å². The quantitative estimate of drug-likeness (QED) is 0.795. The van der Waals surface area contributed by atoms with Crippen LogP contribution in [0.1, 0.15) is 24.4 Å². The smallest absolute Gasteiger partial charge is 0.138 e. The summed E-state index contributed by atoms with van der Waals surface area (Å²) in [5, 5.41) is 10.6. The third-order valence-electron chi connectivity index (χ3n) is 3.29. The molecule has 0 aliphatic carbocycles. The zero-order chi connectivity index (χ0) is 14.1. The van der Waals surface area contributed by atoms with Gasteiger partial charge in [0, 0.05) is 11.6 Å². The van der Waals surface area contributed by atoms with Gasteiger partial charge in [0.05, 0.1) is 11.0 Å². The number of para-hydroxylation sites is 2. The molecule has 2 aromatic carbocycles. The lowest BCUT2D eigenvalue weighted by Gasteiger charge is -2.11. The summed E-state index contributed by atoms with van der Waals surface area (Å²) in [6, 6.07) is 15.6. The summed E-state index contributed by atoms with van der Waals surface area (Å²) in [6.07, 6.45) is -0.610. The molecule has 0 saturated carbocycles. The lowest BCUT2D eigenvalue weighted by molar-refractivity contribution is 0.185. The maximum absolute atomic E-state index is 9.93. The Balaban J connectivity index is 2.11. The maximum atomic E-state index is 9.93. The van der Waals surface area contributed by atoms with E-state index in [0.717, 1.165) is 16.6 Å². The second-order valence-corrected chi connectivity index (χ2v) is 5.29. The highest BCUT2D eigenvalue weighted by Crippen LogP contribution is 2.22. The maximum Gasteiger partial charge on any atom is 0.138 e. The van der Waals surface area contributed by atoms with Gasteiger partial charge in [-0.2, -0.15) is 0 Å². The van der Waals surface area contributed by atoms with Crippen LogP contribution in [0, 0.1) is 0 Å². The van der Waals surface area contributed by atoms with Gasteiger partial charge in [0.25, 0.3) is 0 Å². The van der Waals surface area contributed by atoms with Crippen molar-refractivity contribution in [1.82, 2.24) is 9.55 Å². The molecule has 4 heteroatoms. The second kappa shape index (κ2) is 5.27. The van der Waals surface area contributed by atoms with E-state index in [0.29, 0.717) is 17.4 Å². The summed E-state index contributed by atoms with van der Waals surface area (Å²) in [5.41, 5.74) is 3.00. The van der Waals surface area contributed by atoms with Crippen LogP contribution in [0.2, 0.25) is 5.02 Å². The molecule has 1 atom stereocenters. The van der Waals surface area contributed by atoms with Crippen LogP contribution in [-0.2, 0) is 6.54 Å². The van der Waals surface area contributed by atoms with E-state index in [2.05, 4.69) is 4.98 Å². The van der Waals surface area contributed by atoms with Crippen molar-refractivity contribution in [3.05, 3.63) is 64.9 Å². The number of benzene rings is 2. The zero-order valence-corrected chi connectivity index (χ0v) is 11.9. The Hall–Kier alpha value is -1.84. The lowest BCUT2D eigenvalue weighted by Crippen LogP contribution is -2.07. The number of hydrogen-bond acceptors (Lipinski definition) is 2.